The minimum Gasteiger partial charge on any atom is -0.506 e. The van der Waals surface area contributed by atoms with Crippen LogP contribution in [-0.2, 0) is 0 Å². The minimum atomic E-state index is 0.319. The number of aryl methyl sites for hydroxylation is 1. The fraction of sp³-hybridized carbons (Fsp3) is 0.111. The number of nitrogens with one attached hydrogen (secondary N) is 1. The molecule has 0 aliphatic carbocycles. The van der Waals surface area contributed by atoms with Crippen LogP contribution in [0.5, 0.6) is 5.75 Å². The van der Waals surface area contributed by atoms with E-state index in [0.717, 1.165) is 10.9 Å². The maximum Gasteiger partial charge on any atom is 0.140 e. The molecule has 0 saturated heterocycles. The van der Waals surface area contributed by atoms with E-state index in [1.54, 1.807) is 6.20 Å². The van der Waals surface area contributed by atoms with Gasteiger partial charge in [-0.2, -0.15) is 0 Å². The topological polar surface area (TPSA) is 36.0 Å². The summed E-state index contributed by atoms with van der Waals surface area (Å²) in [5, 5.41) is 10.2. The molecule has 0 fully saturated rings. The van der Waals surface area contributed by atoms with Crippen molar-refractivity contribution in [2.75, 3.05) is 0 Å². The number of rotatable bonds is 0. The molecule has 2 heteroatoms. The van der Waals surface area contributed by atoms with E-state index < -0.39 is 0 Å². The summed E-state index contributed by atoms with van der Waals surface area (Å²) in [6, 6.07) is 5.90. The lowest BCUT2D eigenvalue weighted by Crippen LogP contribution is -1.70. The normalized spacial score (nSPS) is 10.6. The number of fused-ring (bicyclic) bond motifs is 1. The van der Waals surface area contributed by atoms with Crippen molar-refractivity contribution < 1.29 is 5.11 Å². The Morgan fingerprint density at radius 3 is 3.00 bits per heavy atom. The monoisotopic (exact) mass is 147 g/mol. The van der Waals surface area contributed by atoms with E-state index >= 15 is 0 Å². The first-order chi connectivity index (χ1) is 5.27. The first kappa shape index (κ1) is 6.28. The van der Waals surface area contributed by atoms with Crippen molar-refractivity contribution in [1.82, 2.24) is 4.98 Å². The van der Waals surface area contributed by atoms with Gasteiger partial charge in [0, 0.05) is 17.1 Å². The average Bonchev–Trinajstić information content (AvgIpc) is 2.32. The molecule has 2 nitrogen and oxygen atoms in total. The van der Waals surface area contributed by atoms with Gasteiger partial charge in [-0.25, -0.2) is 0 Å². The largest absolute Gasteiger partial charge is 0.506 e. The van der Waals surface area contributed by atoms with Gasteiger partial charge >= 0.3 is 0 Å². The molecule has 0 bridgehead atoms. The summed E-state index contributed by atoms with van der Waals surface area (Å²) in [4.78, 5) is 2.98. The Morgan fingerprint density at radius 2 is 2.18 bits per heavy atom. The molecule has 0 spiro atoms. The van der Waals surface area contributed by atoms with Crippen LogP contribution in [0.25, 0.3) is 10.9 Å². The minimum absolute atomic E-state index is 0.319. The Bertz CT molecular complexity index is 389. The van der Waals surface area contributed by atoms with Crippen molar-refractivity contribution in [3.8, 4) is 5.75 Å². The molecule has 0 saturated carbocycles. The summed E-state index contributed by atoms with van der Waals surface area (Å²) < 4.78 is 0. The third-order valence-electron chi connectivity index (χ3n) is 1.82. The van der Waals surface area contributed by atoms with Crippen molar-refractivity contribution in [1.29, 1.82) is 0 Å². The predicted octanol–water partition coefficient (Wildman–Crippen LogP) is 2.18. The van der Waals surface area contributed by atoms with Gasteiger partial charge in [0.1, 0.15) is 5.75 Å². The van der Waals surface area contributed by atoms with Gasteiger partial charge in [-0.3, -0.25) is 0 Å². The van der Waals surface area contributed by atoms with Gasteiger partial charge in [-0.05, 0) is 24.6 Å². The lowest BCUT2D eigenvalue weighted by Gasteiger charge is -1.91. The molecule has 0 aliphatic rings. The lowest BCUT2D eigenvalue weighted by atomic mass is 10.2. The van der Waals surface area contributed by atoms with E-state index in [0.29, 0.717) is 5.75 Å². The number of hydrogen-bond acceptors (Lipinski definition) is 1. The molecule has 0 atom stereocenters. The first-order valence-electron chi connectivity index (χ1n) is 3.54. The summed E-state index contributed by atoms with van der Waals surface area (Å²) >= 11 is 0. The molecule has 2 rings (SSSR count). The van der Waals surface area contributed by atoms with Gasteiger partial charge in [0.2, 0.25) is 0 Å². The molecular formula is C9H9NO. The van der Waals surface area contributed by atoms with Gasteiger partial charge in [-0.1, -0.05) is 6.07 Å². The van der Waals surface area contributed by atoms with Crippen LogP contribution in [0, 0.1) is 6.92 Å². The molecule has 0 aliphatic heterocycles. The van der Waals surface area contributed by atoms with Crippen LogP contribution in [0.15, 0.2) is 24.4 Å². The highest BCUT2D eigenvalue weighted by molar-refractivity contribution is 5.86. The average molecular weight is 147 g/mol. The highest BCUT2D eigenvalue weighted by atomic mass is 16.3. The van der Waals surface area contributed by atoms with E-state index in [4.69, 9.17) is 0 Å². The van der Waals surface area contributed by atoms with Crippen molar-refractivity contribution in [2.45, 2.75) is 6.92 Å². The first-order valence-corrected chi connectivity index (χ1v) is 3.54. The van der Waals surface area contributed by atoms with Crippen LogP contribution < -0.4 is 0 Å². The standard InChI is InChI=1S/C9H9NO/c1-6-2-3-7-8(4-6)10-5-9(7)11/h2-5,10-11H,1H3. The van der Waals surface area contributed by atoms with Crippen LogP contribution in [0.2, 0.25) is 0 Å². The van der Waals surface area contributed by atoms with Crippen molar-refractivity contribution in [2.24, 2.45) is 0 Å². The number of aromatic amines is 1. The van der Waals surface area contributed by atoms with Crippen molar-refractivity contribution >= 4 is 10.9 Å². The van der Waals surface area contributed by atoms with E-state index in [1.807, 2.05) is 25.1 Å². The molecular weight excluding hydrogens is 138 g/mol. The third kappa shape index (κ3) is 0.871. The second kappa shape index (κ2) is 2.02. The predicted molar refractivity (Wildman–Crippen MR) is 44.7 cm³/mol. The number of aromatic nitrogens is 1. The Labute approximate surface area is 64.5 Å². The second-order valence-corrected chi connectivity index (χ2v) is 2.72. The highest BCUT2D eigenvalue weighted by Gasteiger charge is 1.99. The highest BCUT2D eigenvalue weighted by Crippen LogP contribution is 2.23. The SMILES string of the molecule is Cc1ccc2c(O)c[nH]c2c1. The fourth-order valence-corrected chi connectivity index (χ4v) is 1.22. The molecule has 2 N–H and O–H groups in total. The smallest absolute Gasteiger partial charge is 0.140 e. The number of hydrogen-bond donors (Lipinski definition) is 2. The van der Waals surface area contributed by atoms with Gasteiger partial charge in [0.15, 0.2) is 0 Å². The molecule has 11 heavy (non-hydrogen) atoms. The van der Waals surface area contributed by atoms with E-state index in [-0.39, 0.29) is 0 Å². The molecule has 0 radical (unpaired) electrons. The Hall–Kier alpha value is -1.44. The zero-order valence-corrected chi connectivity index (χ0v) is 6.26. The quantitative estimate of drug-likeness (QED) is 0.588. The van der Waals surface area contributed by atoms with Crippen LogP contribution in [0.3, 0.4) is 0 Å². The number of benzene rings is 1. The Kier molecular flexibility index (Phi) is 1.15. The Balaban J connectivity index is 2.86. The molecule has 1 aromatic carbocycles. The van der Waals surface area contributed by atoms with Crippen LogP contribution in [0.4, 0.5) is 0 Å². The molecule has 0 unspecified atom stereocenters. The van der Waals surface area contributed by atoms with Crippen molar-refractivity contribution in [3.63, 3.8) is 0 Å². The molecule has 56 valence electrons. The number of H-pyrrole nitrogens is 1. The molecule has 0 amide bonds. The molecule has 2 aromatic rings. The van der Waals surface area contributed by atoms with E-state index in [1.165, 1.54) is 5.56 Å². The molecule has 1 aromatic heterocycles. The van der Waals surface area contributed by atoms with Crippen molar-refractivity contribution in [3.05, 3.63) is 30.0 Å². The number of aromatic hydroxyl groups is 1. The van der Waals surface area contributed by atoms with Gasteiger partial charge in [0.25, 0.3) is 0 Å². The lowest BCUT2D eigenvalue weighted by molar-refractivity contribution is 0.481. The maximum absolute atomic E-state index is 9.27. The van der Waals surface area contributed by atoms with Gasteiger partial charge in [-0.15, -0.1) is 0 Å². The van der Waals surface area contributed by atoms with E-state index in [2.05, 4.69) is 4.98 Å². The zero-order chi connectivity index (χ0) is 7.84. The summed E-state index contributed by atoms with van der Waals surface area (Å²) in [7, 11) is 0. The van der Waals surface area contributed by atoms with Crippen LogP contribution >= 0.6 is 0 Å². The zero-order valence-electron chi connectivity index (χ0n) is 6.26. The third-order valence-corrected chi connectivity index (χ3v) is 1.82. The summed E-state index contributed by atoms with van der Waals surface area (Å²) in [6.45, 7) is 2.03. The summed E-state index contributed by atoms with van der Waals surface area (Å²) in [5.41, 5.74) is 2.18. The second-order valence-electron chi connectivity index (χ2n) is 2.72. The van der Waals surface area contributed by atoms with E-state index in [9.17, 15) is 5.11 Å². The summed E-state index contributed by atoms with van der Waals surface area (Å²) in [6.07, 6.45) is 1.60. The Morgan fingerprint density at radius 1 is 1.36 bits per heavy atom. The molecule has 1 heterocycles. The fourth-order valence-electron chi connectivity index (χ4n) is 1.22. The summed E-state index contributed by atoms with van der Waals surface area (Å²) in [5.74, 6) is 0.319. The van der Waals surface area contributed by atoms with Crippen LogP contribution in [0.1, 0.15) is 5.56 Å². The van der Waals surface area contributed by atoms with Gasteiger partial charge < -0.3 is 10.1 Å². The van der Waals surface area contributed by atoms with Crippen LogP contribution in [-0.4, -0.2) is 10.1 Å². The van der Waals surface area contributed by atoms with Gasteiger partial charge in [0.05, 0.1) is 0 Å². The maximum atomic E-state index is 9.27.